The Labute approximate surface area is 110 Å². The number of halogens is 4. The first-order valence-corrected chi connectivity index (χ1v) is 5.33. The molecule has 0 radical (unpaired) electrons. The van der Waals surface area contributed by atoms with Crippen LogP contribution in [0.2, 0.25) is 0 Å². The maximum Gasteiger partial charge on any atom is 0.259 e. The average molecular weight is 285 g/mol. The topological polar surface area (TPSA) is 49.3 Å². The number of phenolic OH excluding ortho intramolecular Hbond substituents is 1. The van der Waals surface area contributed by atoms with E-state index in [-0.39, 0.29) is 0 Å². The van der Waals surface area contributed by atoms with Crippen LogP contribution in [-0.2, 0) is 0 Å². The number of nitrogens with one attached hydrogen (secondary N) is 1. The first kappa shape index (κ1) is 13.9. The van der Waals surface area contributed by atoms with Crippen LogP contribution in [0.25, 0.3) is 0 Å². The summed E-state index contributed by atoms with van der Waals surface area (Å²) in [5, 5.41) is 11.2. The van der Waals surface area contributed by atoms with Crippen LogP contribution in [0.5, 0.6) is 5.75 Å². The van der Waals surface area contributed by atoms with Crippen molar-refractivity contribution in [1.82, 2.24) is 0 Å². The summed E-state index contributed by atoms with van der Waals surface area (Å²) in [6, 6.07) is 3.28. The predicted octanol–water partition coefficient (Wildman–Crippen LogP) is 3.20. The van der Waals surface area contributed by atoms with E-state index in [0.717, 1.165) is 12.1 Å². The van der Waals surface area contributed by atoms with E-state index < -0.39 is 46.2 Å². The van der Waals surface area contributed by atoms with Gasteiger partial charge in [-0.3, -0.25) is 4.79 Å². The zero-order chi connectivity index (χ0) is 14.9. The maximum absolute atomic E-state index is 13.3. The number of benzene rings is 2. The summed E-state index contributed by atoms with van der Waals surface area (Å²) in [7, 11) is 0. The third-order valence-electron chi connectivity index (χ3n) is 2.45. The number of rotatable bonds is 2. The smallest absolute Gasteiger partial charge is 0.259 e. The fraction of sp³-hybridized carbons (Fsp3) is 0. The summed E-state index contributed by atoms with van der Waals surface area (Å²) in [6.07, 6.45) is 0. The molecule has 2 rings (SSSR count). The number of hydrogen-bond acceptors (Lipinski definition) is 2. The van der Waals surface area contributed by atoms with Gasteiger partial charge < -0.3 is 10.4 Å². The van der Waals surface area contributed by atoms with Crippen molar-refractivity contribution in [2.24, 2.45) is 0 Å². The minimum absolute atomic E-state index is 0.379. The largest absolute Gasteiger partial charge is 0.507 e. The Hall–Kier alpha value is -2.57. The van der Waals surface area contributed by atoms with Gasteiger partial charge in [0.15, 0.2) is 11.6 Å². The van der Waals surface area contributed by atoms with Gasteiger partial charge in [0.2, 0.25) is 0 Å². The Morgan fingerprint density at radius 1 is 0.950 bits per heavy atom. The molecule has 0 unspecified atom stereocenters. The van der Waals surface area contributed by atoms with Gasteiger partial charge in [0.25, 0.3) is 5.91 Å². The van der Waals surface area contributed by atoms with E-state index in [9.17, 15) is 27.5 Å². The molecule has 0 aromatic heterocycles. The lowest BCUT2D eigenvalue weighted by atomic mass is 10.1. The quantitative estimate of drug-likeness (QED) is 0.832. The van der Waals surface area contributed by atoms with Gasteiger partial charge in [0.1, 0.15) is 23.1 Å². The Morgan fingerprint density at radius 3 is 2.15 bits per heavy atom. The lowest BCUT2D eigenvalue weighted by Gasteiger charge is -2.09. The summed E-state index contributed by atoms with van der Waals surface area (Å²) in [6.45, 7) is 0. The number of hydrogen-bond donors (Lipinski definition) is 2. The number of aromatic hydroxyl groups is 1. The van der Waals surface area contributed by atoms with Crippen molar-refractivity contribution in [2.75, 3.05) is 5.32 Å². The lowest BCUT2D eigenvalue weighted by molar-refractivity contribution is 0.102. The Bertz CT molecular complexity index is 665. The van der Waals surface area contributed by atoms with Gasteiger partial charge in [-0.25, -0.2) is 17.6 Å². The van der Waals surface area contributed by atoms with Gasteiger partial charge in [-0.05, 0) is 18.2 Å². The van der Waals surface area contributed by atoms with Crippen molar-refractivity contribution < 1.29 is 27.5 Å². The monoisotopic (exact) mass is 285 g/mol. The molecule has 0 heterocycles. The molecule has 2 aromatic carbocycles. The molecule has 1 amide bonds. The van der Waals surface area contributed by atoms with E-state index in [1.54, 1.807) is 0 Å². The van der Waals surface area contributed by atoms with E-state index >= 15 is 0 Å². The minimum atomic E-state index is -1.33. The van der Waals surface area contributed by atoms with E-state index in [2.05, 4.69) is 0 Å². The van der Waals surface area contributed by atoms with Crippen molar-refractivity contribution in [3.05, 3.63) is 59.2 Å². The molecule has 0 aliphatic rings. The third-order valence-corrected chi connectivity index (χ3v) is 2.45. The van der Waals surface area contributed by atoms with Crippen LogP contribution in [0, 0.1) is 23.3 Å². The number of anilines is 1. The molecular weight excluding hydrogens is 278 g/mol. The normalized spacial score (nSPS) is 10.4. The van der Waals surface area contributed by atoms with E-state index in [1.165, 1.54) is 0 Å². The van der Waals surface area contributed by atoms with Crippen molar-refractivity contribution >= 4 is 11.6 Å². The van der Waals surface area contributed by atoms with Gasteiger partial charge in [0, 0.05) is 12.1 Å². The summed E-state index contributed by atoms with van der Waals surface area (Å²) < 4.78 is 52.3. The second-order valence-corrected chi connectivity index (χ2v) is 3.86. The molecule has 0 bridgehead atoms. The standard InChI is InChI=1S/C13H7F4NO2/c14-6-1-2-11(19)8(3-6)13(20)18-12-9(16)4-7(15)5-10(12)17/h1-5,19H,(H,18,20). The number of phenols is 1. The summed E-state index contributed by atoms with van der Waals surface area (Å²) in [4.78, 5) is 11.7. The molecule has 2 aromatic rings. The second-order valence-electron chi connectivity index (χ2n) is 3.86. The van der Waals surface area contributed by atoms with Crippen LogP contribution in [0.15, 0.2) is 30.3 Å². The van der Waals surface area contributed by atoms with Crippen LogP contribution in [0.4, 0.5) is 23.2 Å². The second kappa shape index (κ2) is 5.20. The van der Waals surface area contributed by atoms with Crippen LogP contribution in [-0.4, -0.2) is 11.0 Å². The van der Waals surface area contributed by atoms with Crippen molar-refractivity contribution in [3.8, 4) is 5.75 Å². The molecule has 7 heteroatoms. The number of amides is 1. The summed E-state index contributed by atoms with van der Waals surface area (Å²) in [5.41, 5.74) is -1.40. The molecule has 0 atom stereocenters. The SMILES string of the molecule is O=C(Nc1c(F)cc(F)cc1F)c1cc(F)ccc1O. The van der Waals surface area contributed by atoms with Gasteiger partial charge >= 0.3 is 0 Å². The van der Waals surface area contributed by atoms with Crippen LogP contribution in [0.3, 0.4) is 0 Å². The third kappa shape index (κ3) is 2.71. The molecule has 0 aliphatic heterocycles. The fourth-order valence-corrected chi connectivity index (χ4v) is 1.53. The van der Waals surface area contributed by atoms with Gasteiger partial charge in [-0.1, -0.05) is 0 Å². The summed E-state index contributed by atoms with van der Waals surface area (Å²) >= 11 is 0. The Balaban J connectivity index is 2.35. The Kier molecular flexibility index (Phi) is 3.60. The van der Waals surface area contributed by atoms with Crippen molar-refractivity contribution in [2.45, 2.75) is 0 Å². The zero-order valence-corrected chi connectivity index (χ0v) is 9.75. The highest BCUT2D eigenvalue weighted by atomic mass is 19.1. The average Bonchev–Trinajstić information content (AvgIpc) is 2.36. The Morgan fingerprint density at radius 2 is 1.55 bits per heavy atom. The fourth-order valence-electron chi connectivity index (χ4n) is 1.53. The number of carbonyl (C=O) groups is 1. The highest BCUT2D eigenvalue weighted by Gasteiger charge is 2.18. The predicted molar refractivity (Wildman–Crippen MR) is 62.3 cm³/mol. The molecule has 20 heavy (non-hydrogen) atoms. The lowest BCUT2D eigenvalue weighted by Crippen LogP contribution is -2.15. The molecule has 2 N–H and O–H groups in total. The molecule has 0 aliphatic carbocycles. The highest BCUT2D eigenvalue weighted by Crippen LogP contribution is 2.23. The number of carbonyl (C=O) groups excluding carboxylic acids is 1. The van der Waals surface area contributed by atoms with Crippen LogP contribution < -0.4 is 5.32 Å². The minimum Gasteiger partial charge on any atom is -0.507 e. The van der Waals surface area contributed by atoms with Gasteiger partial charge in [-0.2, -0.15) is 0 Å². The highest BCUT2D eigenvalue weighted by molar-refractivity contribution is 6.06. The maximum atomic E-state index is 13.3. The molecule has 0 saturated heterocycles. The van der Waals surface area contributed by atoms with Crippen LogP contribution in [0.1, 0.15) is 10.4 Å². The first-order valence-electron chi connectivity index (χ1n) is 5.33. The molecule has 3 nitrogen and oxygen atoms in total. The molecular formula is C13H7F4NO2. The zero-order valence-electron chi connectivity index (χ0n) is 9.75. The molecule has 0 spiro atoms. The van der Waals surface area contributed by atoms with Gasteiger partial charge in [-0.15, -0.1) is 0 Å². The van der Waals surface area contributed by atoms with Crippen molar-refractivity contribution in [1.29, 1.82) is 0 Å². The molecule has 0 saturated carbocycles. The van der Waals surface area contributed by atoms with E-state index in [4.69, 9.17) is 0 Å². The van der Waals surface area contributed by atoms with E-state index in [1.807, 2.05) is 5.32 Å². The van der Waals surface area contributed by atoms with E-state index in [0.29, 0.717) is 18.2 Å². The van der Waals surface area contributed by atoms with Gasteiger partial charge in [0.05, 0.1) is 5.56 Å². The first-order chi connectivity index (χ1) is 9.38. The van der Waals surface area contributed by atoms with Crippen LogP contribution >= 0.6 is 0 Å². The van der Waals surface area contributed by atoms with Crippen molar-refractivity contribution in [3.63, 3.8) is 0 Å². The molecule has 104 valence electrons. The molecule has 0 fully saturated rings. The summed E-state index contributed by atoms with van der Waals surface area (Å²) in [5.74, 6) is -6.31.